The van der Waals surface area contributed by atoms with Crippen LogP contribution in [0.25, 0.3) is 0 Å². The first-order valence-corrected chi connectivity index (χ1v) is 6.98. The summed E-state index contributed by atoms with van der Waals surface area (Å²) in [6, 6.07) is 4.04. The second kappa shape index (κ2) is 5.69. The molecule has 1 saturated carbocycles. The fourth-order valence-electron chi connectivity index (χ4n) is 2.07. The summed E-state index contributed by atoms with van der Waals surface area (Å²) >= 11 is 1.94. The Hall–Kier alpha value is -0.540. The van der Waals surface area contributed by atoms with Crippen LogP contribution >= 0.6 is 11.8 Å². The molecule has 1 aromatic heterocycles. The van der Waals surface area contributed by atoms with E-state index in [0.717, 1.165) is 17.4 Å². The Labute approximate surface area is 101 Å². The van der Waals surface area contributed by atoms with Gasteiger partial charge in [0.15, 0.2) is 0 Å². The zero-order chi connectivity index (χ0) is 11.4. The molecule has 0 saturated heterocycles. The molecule has 1 heterocycles. The number of thioether (sulfide) groups is 1. The molecule has 1 aliphatic carbocycles. The van der Waals surface area contributed by atoms with Crippen molar-refractivity contribution in [2.75, 3.05) is 0 Å². The van der Waals surface area contributed by atoms with E-state index in [4.69, 9.17) is 0 Å². The quantitative estimate of drug-likeness (QED) is 0.869. The summed E-state index contributed by atoms with van der Waals surface area (Å²) in [6.07, 6.45) is 7.63. The van der Waals surface area contributed by atoms with Gasteiger partial charge in [0.25, 0.3) is 0 Å². The van der Waals surface area contributed by atoms with Gasteiger partial charge in [0.1, 0.15) is 0 Å². The van der Waals surface area contributed by atoms with E-state index < -0.39 is 6.10 Å². The van der Waals surface area contributed by atoms with Crippen LogP contribution in [0.2, 0.25) is 0 Å². The van der Waals surface area contributed by atoms with Gasteiger partial charge in [0.2, 0.25) is 0 Å². The molecule has 0 aliphatic heterocycles. The van der Waals surface area contributed by atoms with Crippen molar-refractivity contribution < 1.29 is 5.11 Å². The molecule has 16 heavy (non-hydrogen) atoms. The van der Waals surface area contributed by atoms with Gasteiger partial charge in [-0.3, -0.25) is 4.98 Å². The molecule has 0 aromatic carbocycles. The highest BCUT2D eigenvalue weighted by Crippen LogP contribution is 2.34. The number of aromatic nitrogens is 1. The number of nitrogens with zero attached hydrogens (tertiary/aromatic N) is 1. The lowest BCUT2D eigenvalue weighted by Crippen LogP contribution is -1.99. The van der Waals surface area contributed by atoms with Crippen molar-refractivity contribution in [1.82, 2.24) is 4.98 Å². The molecule has 1 fully saturated rings. The predicted molar refractivity (Wildman–Crippen MR) is 67.6 cm³/mol. The van der Waals surface area contributed by atoms with Gasteiger partial charge in [-0.25, -0.2) is 0 Å². The van der Waals surface area contributed by atoms with Crippen LogP contribution in [0.4, 0.5) is 0 Å². The minimum atomic E-state index is -0.412. The molecule has 1 atom stereocenters. The van der Waals surface area contributed by atoms with Crippen molar-refractivity contribution in [3.05, 3.63) is 24.0 Å². The van der Waals surface area contributed by atoms with Crippen LogP contribution < -0.4 is 0 Å². The SMILES string of the molecule is CCC(O)c1ccc(SC2CCCC2)cn1. The summed E-state index contributed by atoms with van der Waals surface area (Å²) in [4.78, 5) is 5.56. The Morgan fingerprint density at radius 2 is 2.19 bits per heavy atom. The number of hydrogen-bond donors (Lipinski definition) is 1. The Morgan fingerprint density at radius 1 is 1.44 bits per heavy atom. The summed E-state index contributed by atoms with van der Waals surface area (Å²) in [5.41, 5.74) is 0.790. The first-order chi connectivity index (χ1) is 7.79. The van der Waals surface area contributed by atoms with Gasteiger partial charge in [-0.1, -0.05) is 19.8 Å². The average Bonchev–Trinajstić information content (AvgIpc) is 2.82. The van der Waals surface area contributed by atoms with Crippen molar-refractivity contribution >= 4 is 11.8 Å². The van der Waals surface area contributed by atoms with Crippen molar-refractivity contribution in [2.45, 2.75) is 55.3 Å². The largest absolute Gasteiger partial charge is 0.387 e. The van der Waals surface area contributed by atoms with Crippen molar-refractivity contribution in [2.24, 2.45) is 0 Å². The zero-order valence-corrected chi connectivity index (χ0v) is 10.5. The van der Waals surface area contributed by atoms with Crippen LogP contribution in [0.1, 0.15) is 50.8 Å². The van der Waals surface area contributed by atoms with Gasteiger partial charge in [0.05, 0.1) is 11.8 Å². The van der Waals surface area contributed by atoms with Gasteiger partial charge < -0.3 is 5.11 Å². The van der Waals surface area contributed by atoms with Gasteiger partial charge in [-0.05, 0) is 31.4 Å². The molecule has 1 aliphatic rings. The van der Waals surface area contributed by atoms with Gasteiger partial charge in [0, 0.05) is 16.3 Å². The summed E-state index contributed by atoms with van der Waals surface area (Å²) in [7, 11) is 0. The lowest BCUT2D eigenvalue weighted by molar-refractivity contribution is 0.169. The zero-order valence-electron chi connectivity index (χ0n) is 9.72. The molecule has 0 radical (unpaired) electrons. The van der Waals surface area contributed by atoms with Gasteiger partial charge in [-0.15, -0.1) is 11.8 Å². The van der Waals surface area contributed by atoms with E-state index in [1.165, 1.54) is 30.6 Å². The van der Waals surface area contributed by atoms with Crippen LogP contribution in [0.3, 0.4) is 0 Å². The highest BCUT2D eigenvalue weighted by Gasteiger charge is 2.16. The van der Waals surface area contributed by atoms with E-state index in [2.05, 4.69) is 11.1 Å². The molecule has 2 rings (SSSR count). The summed E-state index contributed by atoms with van der Waals surface area (Å²) < 4.78 is 0. The van der Waals surface area contributed by atoms with E-state index in [-0.39, 0.29) is 0 Å². The van der Waals surface area contributed by atoms with Gasteiger partial charge >= 0.3 is 0 Å². The van der Waals surface area contributed by atoms with E-state index >= 15 is 0 Å². The van der Waals surface area contributed by atoms with Crippen molar-refractivity contribution in [1.29, 1.82) is 0 Å². The maximum Gasteiger partial charge on any atom is 0.0957 e. The fourth-order valence-corrected chi connectivity index (χ4v) is 3.28. The van der Waals surface area contributed by atoms with Crippen molar-refractivity contribution in [3.63, 3.8) is 0 Å². The molecule has 88 valence electrons. The molecule has 1 unspecified atom stereocenters. The molecule has 0 bridgehead atoms. The first kappa shape index (κ1) is 11.9. The second-order valence-corrected chi connectivity index (χ2v) is 5.74. The number of pyridine rings is 1. The normalized spacial score (nSPS) is 18.9. The van der Waals surface area contributed by atoms with Crippen LogP contribution in [-0.4, -0.2) is 15.3 Å². The Kier molecular flexibility index (Phi) is 4.24. The summed E-state index contributed by atoms with van der Waals surface area (Å²) in [5.74, 6) is 0. The lowest BCUT2D eigenvalue weighted by Gasteiger charge is -2.10. The van der Waals surface area contributed by atoms with Crippen LogP contribution in [0, 0.1) is 0 Å². The minimum Gasteiger partial charge on any atom is -0.387 e. The summed E-state index contributed by atoms with van der Waals surface area (Å²) in [6.45, 7) is 1.97. The highest BCUT2D eigenvalue weighted by molar-refractivity contribution is 8.00. The Morgan fingerprint density at radius 3 is 2.75 bits per heavy atom. The molecule has 1 aromatic rings. The predicted octanol–water partition coefficient (Wildman–Crippen LogP) is 3.56. The number of hydrogen-bond acceptors (Lipinski definition) is 3. The standard InChI is InChI=1S/C13H19NOS/c1-2-13(15)12-8-7-11(9-14-12)16-10-5-3-4-6-10/h7-10,13,15H,2-6H2,1H3. The molecule has 0 amide bonds. The number of aliphatic hydroxyl groups excluding tert-OH is 1. The highest BCUT2D eigenvalue weighted by atomic mass is 32.2. The number of aliphatic hydroxyl groups is 1. The lowest BCUT2D eigenvalue weighted by atomic mass is 10.2. The molecular formula is C13H19NOS. The molecule has 1 N–H and O–H groups in total. The molecule has 2 nitrogen and oxygen atoms in total. The monoisotopic (exact) mass is 237 g/mol. The van der Waals surface area contributed by atoms with E-state index in [9.17, 15) is 5.11 Å². The van der Waals surface area contributed by atoms with Crippen LogP contribution in [0.15, 0.2) is 23.2 Å². The maximum atomic E-state index is 9.64. The first-order valence-electron chi connectivity index (χ1n) is 6.10. The molecule has 3 heteroatoms. The van der Waals surface area contributed by atoms with Crippen LogP contribution in [0.5, 0.6) is 0 Å². The third kappa shape index (κ3) is 2.98. The maximum absolute atomic E-state index is 9.64. The van der Waals surface area contributed by atoms with E-state index in [1.807, 2.05) is 30.9 Å². The number of rotatable bonds is 4. The van der Waals surface area contributed by atoms with Crippen LogP contribution in [-0.2, 0) is 0 Å². The smallest absolute Gasteiger partial charge is 0.0957 e. The Balaban J connectivity index is 1.96. The summed E-state index contributed by atoms with van der Waals surface area (Å²) in [5, 5.41) is 10.4. The van der Waals surface area contributed by atoms with E-state index in [0.29, 0.717) is 0 Å². The second-order valence-electron chi connectivity index (χ2n) is 4.37. The average molecular weight is 237 g/mol. The van der Waals surface area contributed by atoms with E-state index in [1.54, 1.807) is 0 Å². The van der Waals surface area contributed by atoms with Crippen molar-refractivity contribution in [3.8, 4) is 0 Å². The molecular weight excluding hydrogens is 218 g/mol. The Bertz CT molecular complexity index is 319. The third-order valence-corrected chi connectivity index (χ3v) is 4.41. The topological polar surface area (TPSA) is 33.1 Å². The van der Waals surface area contributed by atoms with Gasteiger partial charge in [-0.2, -0.15) is 0 Å². The minimum absolute atomic E-state index is 0.412. The third-order valence-electron chi connectivity index (χ3n) is 3.09. The molecule has 0 spiro atoms. The fraction of sp³-hybridized carbons (Fsp3) is 0.615.